The van der Waals surface area contributed by atoms with E-state index in [-0.39, 0.29) is 31.3 Å². The van der Waals surface area contributed by atoms with E-state index in [2.05, 4.69) is 16.0 Å². The SMILES string of the molecule is CCOC(=O)CCCOc1ccc(C[C@H](NC(=O)[C@H](CC(N)=O)NC(=O)OC(C)(C)C)[C@@H](O)CN2CCC[C@H]2C(=O)NC(C)(C)C)cc1. The second kappa shape index (κ2) is 18.6. The molecule has 4 atom stereocenters. The molecule has 1 fully saturated rings. The summed E-state index contributed by atoms with van der Waals surface area (Å²) in [5.74, 6) is -1.37. The van der Waals surface area contributed by atoms with Crippen molar-refractivity contribution in [3.63, 3.8) is 0 Å². The average molecular weight is 678 g/mol. The third kappa shape index (κ3) is 15.3. The molecule has 6 N–H and O–H groups in total. The first-order valence-corrected chi connectivity index (χ1v) is 16.6. The third-order valence-electron chi connectivity index (χ3n) is 7.27. The number of nitrogens with zero attached hydrogens (tertiary/aromatic N) is 1. The quantitative estimate of drug-likeness (QED) is 0.120. The summed E-state index contributed by atoms with van der Waals surface area (Å²) >= 11 is 0. The van der Waals surface area contributed by atoms with Gasteiger partial charge in [0.05, 0.1) is 37.8 Å². The fourth-order valence-electron chi connectivity index (χ4n) is 5.20. The maximum atomic E-state index is 13.5. The standard InChI is InChI=1S/C34H55N5O9/c1-8-46-29(42)12-10-18-47-23-15-13-22(14-16-23)19-24(27(40)21-39-17-9-11-26(39)31(44)38-33(2,3)4)36-30(43)25(20-28(35)41)37-32(45)48-34(5,6)7/h13-16,24-27,40H,8-12,17-21H2,1-7H3,(H2,35,41)(H,36,43)(H,37,45)(H,38,44)/t24-,25-,26-,27-/m0/s1. The maximum Gasteiger partial charge on any atom is 0.408 e. The summed E-state index contributed by atoms with van der Waals surface area (Å²) in [5, 5.41) is 19.8. The van der Waals surface area contributed by atoms with Crippen LogP contribution in [0.3, 0.4) is 0 Å². The molecule has 1 saturated heterocycles. The number of primary amides is 1. The molecule has 270 valence electrons. The number of hydrogen-bond donors (Lipinski definition) is 5. The summed E-state index contributed by atoms with van der Waals surface area (Å²) in [6.07, 6.45) is -0.192. The van der Waals surface area contributed by atoms with Crippen LogP contribution < -0.4 is 26.4 Å². The minimum Gasteiger partial charge on any atom is -0.494 e. The predicted octanol–water partition coefficient (Wildman–Crippen LogP) is 1.94. The monoisotopic (exact) mass is 677 g/mol. The Bertz CT molecular complexity index is 1230. The Morgan fingerprint density at radius 1 is 1.04 bits per heavy atom. The first-order chi connectivity index (χ1) is 22.4. The van der Waals surface area contributed by atoms with Crippen molar-refractivity contribution in [2.75, 3.05) is 26.3 Å². The van der Waals surface area contributed by atoms with E-state index in [0.717, 1.165) is 12.0 Å². The van der Waals surface area contributed by atoms with Crippen molar-refractivity contribution in [1.82, 2.24) is 20.9 Å². The van der Waals surface area contributed by atoms with Crippen molar-refractivity contribution in [3.8, 4) is 5.75 Å². The van der Waals surface area contributed by atoms with Crippen molar-refractivity contribution in [1.29, 1.82) is 0 Å². The van der Waals surface area contributed by atoms with Gasteiger partial charge in [-0.15, -0.1) is 0 Å². The molecule has 4 amide bonds. The highest BCUT2D eigenvalue weighted by Gasteiger charge is 2.36. The minimum absolute atomic E-state index is 0.0921. The molecule has 0 saturated carbocycles. The lowest BCUT2D eigenvalue weighted by Gasteiger charge is -2.33. The van der Waals surface area contributed by atoms with Crippen LogP contribution in [-0.4, -0.2) is 101 Å². The van der Waals surface area contributed by atoms with Crippen LogP contribution in [0.2, 0.25) is 0 Å². The lowest BCUT2D eigenvalue weighted by Crippen LogP contribution is -2.57. The number of hydrogen-bond acceptors (Lipinski definition) is 10. The number of rotatable bonds is 17. The number of esters is 1. The summed E-state index contributed by atoms with van der Waals surface area (Å²) in [7, 11) is 0. The average Bonchev–Trinajstić information content (AvgIpc) is 3.41. The number of amides is 4. The number of carbonyl (C=O) groups is 5. The second-order valence-electron chi connectivity index (χ2n) is 14.0. The summed E-state index contributed by atoms with van der Waals surface area (Å²) < 4.78 is 15.9. The molecule has 0 spiro atoms. The zero-order valence-corrected chi connectivity index (χ0v) is 29.4. The molecule has 14 nitrogen and oxygen atoms in total. The zero-order valence-electron chi connectivity index (χ0n) is 29.4. The van der Waals surface area contributed by atoms with E-state index < -0.39 is 59.7 Å². The van der Waals surface area contributed by atoms with Gasteiger partial charge in [0.25, 0.3) is 0 Å². The summed E-state index contributed by atoms with van der Waals surface area (Å²) in [6, 6.07) is 4.42. The highest BCUT2D eigenvalue weighted by molar-refractivity contribution is 5.90. The molecule has 1 aromatic carbocycles. The van der Waals surface area contributed by atoms with Gasteiger partial charge in [0.1, 0.15) is 17.4 Å². The van der Waals surface area contributed by atoms with Crippen LogP contribution in [0.4, 0.5) is 4.79 Å². The Labute approximate surface area is 283 Å². The Hall–Kier alpha value is -3.91. The lowest BCUT2D eigenvalue weighted by molar-refractivity contribution is -0.143. The van der Waals surface area contributed by atoms with Gasteiger partial charge in [-0.3, -0.25) is 24.1 Å². The Kier molecular flexibility index (Phi) is 15.6. The Morgan fingerprint density at radius 2 is 1.71 bits per heavy atom. The Balaban J connectivity index is 2.22. The number of likely N-dealkylation sites (tertiary alicyclic amines) is 1. The second-order valence-corrected chi connectivity index (χ2v) is 14.0. The molecule has 2 rings (SSSR count). The van der Waals surface area contributed by atoms with E-state index in [4.69, 9.17) is 19.9 Å². The molecule has 48 heavy (non-hydrogen) atoms. The van der Waals surface area contributed by atoms with Crippen LogP contribution >= 0.6 is 0 Å². The van der Waals surface area contributed by atoms with Crippen molar-refractivity contribution < 1.29 is 43.3 Å². The molecular formula is C34H55N5O9. The molecule has 0 radical (unpaired) electrons. The summed E-state index contributed by atoms with van der Waals surface area (Å²) in [5.41, 5.74) is 4.88. The van der Waals surface area contributed by atoms with E-state index in [1.54, 1.807) is 52.0 Å². The normalized spacial score (nSPS) is 17.0. The van der Waals surface area contributed by atoms with Crippen molar-refractivity contribution in [2.45, 2.75) is 122 Å². The molecule has 1 aliphatic rings. The third-order valence-corrected chi connectivity index (χ3v) is 7.27. The smallest absolute Gasteiger partial charge is 0.408 e. The number of ether oxygens (including phenoxy) is 3. The van der Waals surface area contributed by atoms with Gasteiger partial charge in [0.15, 0.2) is 0 Å². The van der Waals surface area contributed by atoms with Gasteiger partial charge in [-0.05, 0) is 98.4 Å². The molecule has 1 aromatic rings. The molecule has 0 aromatic heterocycles. The number of aliphatic hydroxyl groups is 1. The van der Waals surface area contributed by atoms with Crippen LogP contribution in [-0.2, 0) is 35.1 Å². The number of alkyl carbamates (subject to hydrolysis) is 1. The van der Waals surface area contributed by atoms with Gasteiger partial charge in [0.2, 0.25) is 17.7 Å². The van der Waals surface area contributed by atoms with E-state index in [1.807, 2.05) is 25.7 Å². The fraction of sp³-hybridized carbons (Fsp3) is 0.676. The first kappa shape index (κ1) is 40.3. The van der Waals surface area contributed by atoms with Gasteiger partial charge in [-0.2, -0.15) is 0 Å². The van der Waals surface area contributed by atoms with Crippen molar-refractivity contribution >= 4 is 29.8 Å². The van der Waals surface area contributed by atoms with E-state index in [9.17, 15) is 29.1 Å². The van der Waals surface area contributed by atoms with Crippen LogP contribution in [0.1, 0.15) is 86.1 Å². The highest BCUT2D eigenvalue weighted by Crippen LogP contribution is 2.21. The van der Waals surface area contributed by atoms with Crippen LogP contribution in [0.25, 0.3) is 0 Å². The maximum absolute atomic E-state index is 13.5. The molecule has 1 heterocycles. The topological polar surface area (TPSA) is 199 Å². The molecular weight excluding hydrogens is 622 g/mol. The van der Waals surface area contributed by atoms with Gasteiger partial charge in [-0.25, -0.2) is 4.79 Å². The van der Waals surface area contributed by atoms with Gasteiger partial charge in [0, 0.05) is 18.5 Å². The van der Waals surface area contributed by atoms with Gasteiger partial charge >= 0.3 is 12.1 Å². The number of benzene rings is 1. The zero-order chi connectivity index (χ0) is 36.1. The largest absolute Gasteiger partial charge is 0.494 e. The highest BCUT2D eigenvalue weighted by atomic mass is 16.6. The van der Waals surface area contributed by atoms with Gasteiger partial charge < -0.3 is 41.0 Å². The van der Waals surface area contributed by atoms with Crippen molar-refractivity contribution in [3.05, 3.63) is 29.8 Å². The minimum atomic E-state index is -1.35. The number of nitrogens with one attached hydrogen (secondary N) is 3. The number of nitrogens with two attached hydrogens (primary N) is 1. The van der Waals surface area contributed by atoms with Crippen LogP contribution in [0, 0.1) is 0 Å². The molecule has 0 aliphatic carbocycles. The number of β-amino-alcohol motifs (C(OH)–C–C–N with tert-alkyl or cyclic N) is 1. The van der Waals surface area contributed by atoms with E-state index >= 15 is 0 Å². The lowest BCUT2D eigenvalue weighted by atomic mass is 9.99. The van der Waals surface area contributed by atoms with Crippen molar-refractivity contribution in [2.24, 2.45) is 5.73 Å². The van der Waals surface area contributed by atoms with Gasteiger partial charge in [-0.1, -0.05) is 12.1 Å². The fourth-order valence-corrected chi connectivity index (χ4v) is 5.20. The molecule has 0 bridgehead atoms. The predicted molar refractivity (Wildman–Crippen MR) is 179 cm³/mol. The molecule has 0 unspecified atom stereocenters. The first-order valence-electron chi connectivity index (χ1n) is 16.6. The van der Waals surface area contributed by atoms with E-state index in [0.29, 0.717) is 38.3 Å². The van der Waals surface area contributed by atoms with E-state index in [1.165, 1.54) is 0 Å². The van der Waals surface area contributed by atoms with Crippen LogP contribution in [0.15, 0.2) is 24.3 Å². The number of aliphatic hydroxyl groups excluding tert-OH is 1. The van der Waals surface area contributed by atoms with Crippen LogP contribution in [0.5, 0.6) is 5.75 Å². The molecule has 14 heteroatoms. The molecule has 1 aliphatic heterocycles. The summed E-state index contributed by atoms with van der Waals surface area (Å²) in [6.45, 7) is 13.8. The number of carbonyl (C=O) groups excluding carboxylic acids is 5. The summed E-state index contributed by atoms with van der Waals surface area (Å²) in [4.78, 5) is 64.3. The Morgan fingerprint density at radius 3 is 2.29 bits per heavy atom.